The third-order valence-electron chi connectivity index (χ3n) is 4.06. The monoisotopic (exact) mass is 418 g/mol. The summed E-state index contributed by atoms with van der Waals surface area (Å²) in [5, 5.41) is 0. The average molecular weight is 418 g/mol. The van der Waals surface area contributed by atoms with E-state index in [4.69, 9.17) is 9.47 Å². The van der Waals surface area contributed by atoms with E-state index in [1.807, 2.05) is 0 Å². The van der Waals surface area contributed by atoms with Crippen LogP contribution in [-0.2, 0) is 22.7 Å². The minimum atomic E-state index is -1.05. The van der Waals surface area contributed by atoms with Gasteiger partial charge in [-0.3, -0.25) is 0 Å². The molecule has 0 spiro atoms. The number of rotatable bonds is 6. The Hall–Kier alpha value is -3.68. The molecule has 0 amide bonds. The molecule has 4 nitrogen and oxygen atoms in total. The SMILES string of the molecule is O=C(OCc1ccc(F)c(F)c1)c1ccc(C(=O)OCc2ccc(F)c(F)c2)cc1. The highest BCUT2D eigenvalue weighted by Crippen LogP contribution is 2.14. The van der Waals surface area contributed by atoms with Crippen LogP contribution < -0.4 is 0 Å². The Labute approximate surface area is 168 Å². The van der Waals surface area contributed by atoms with Crippen molar-refractivity contribution in [2.24, 2.45) is 0 Å². The van der Waals surface area contributed by atoms with Gasteiger partial charge in [0.25, 0.3) is 0 Å². The molecule has 0 aromatic heterocycles. The Morgan fingerprint density at radius 3 is 1.27 bits per heavy atom. The minimum absolute atomic E-state index is 0.134. The topological polar surface area (TPSA) is 52.6 Å². The Balaban J connectivity index is 1.55. The number of hydrogen-bond donors (Lipinski definition) is 0. The highest BCUT2D eigenvalue weighted by atomic mass is 19.2. The van der Waals surface area contributed by atoms with E-state index in [0.29, 0.717) is 0 Å². The molecule has 3 rings (SSSR count). The van der Waals surface area contributed by atoms with Crippen LogP contribution in [0.15, 0.2) is 60.7 Å². The van der Waals surface area contributed by atoms with Crippen LogP contribution in [0.2, 0.25) is 0 Å². The summed E-state index contributed by atoms with van der Waals surface area (Å²) < 4.78 is 62.2. The van der Waals surface area contributed by atoms with Gasteiger partial charge in [0.1, 0.15) is 13.2 Å². The molecule has 0 unspecified atom stereocenters. The van der Waals surface area contributed by atoms with Crippen LogP contribution >= 0.6 is 0 Å². The van der Waals surface area contributed by atoms with Crippen LogP contribution in [0.1, 0.15) is 31.8 Å². The number of hydrogen-bond acceptors (Lipinski definition) is 4. The van der Waals surface area contributed by atoms with E-state index < -0.39 is 35.2 Å². The first-order valence-corrected chi connectivity index (χ1v) is 8.65. The summed E-state index contributed by atoms with van der Waals surface area (Å²) in [4.78, 5) is 24.1. The zero-order valence-corrected chi connectivity index (χ0v) is 15.3. The number of esters is 2. The van der Waals surface area contributed by atoms with Crippen LogP contribution in [-0.4, -0.2) is 11.9 Å². The maximum absolute atomic E-state index is 13.2. The van der Waals surface area contributed by atoms with Gasteiger partial charge in [-0.05, 0) is 59.7 Å². The Kier molecular flexibility index (Phi) is 6.46. The summed E-state index contributed by atoms with van der Waals surface area (Å²) in [5.74, 6) is -5.54. The molecule has 154 valence electrons. The number of carbonyl (C=O) groups excluding carboxylic acids is 2. The molecule has 0 aliphatic rings. The molecule has 0 saturated carbocycles. The van der Waals surface area contributed by atoms with Crippen molar-refractivity contribution in [1.29, 1.82) is 0 Å². The van der Waals surface area contributed by atoms with Crippen molar-refractivity contribution in [3.05, 3.63) is 106 Å². The summed E-state index contributed by atoms with van der Waals surface area (Å²) in [7, 11) is 0. The molecule has 0 aliphatic heterocycles. The van der Waals surface area contributed by atoms with Gasteiger partial charge in [0.05, 0.1) is 11.1 Å². The van der Waals surface area contributed by atoms with Gasteiger partial charge in [-0.25, -0.2) is 27.2 Å². The first-order chi connectivity index (χ1) is 14.3. The quantitative estimate of drug-likeness (QED) is 0.420. The standard InChI is InChI=1S/C22H14F4O4/c23-17-7-1-13(9-19(17)25)11-29-21(27)15-3-5-16(6-4-15)22(28)30-12-14-2-8-18(24)20(26)10-14/h1-10H,11-12H2. The third-order valence-corrected chi connectivity index (χ3v) is 4.06. The molecule has 3 aromatic carbocycles. The van der Waals surface area contributed by atoms with Crippen LogP contribution in [0.5, 0.6) is 0 Å². The Bertz CT molecular complexity index is 994. The summed E-state index contributed by atoms with van der Waals surface area (Å²) in [6.45, 7) is -0.512. The first kappa shape index (κ1) is 21.0. The highest BCUT2D eigenvalue weighted by Gasteiger charge is 2.13. The maximum atomic E-state index is 13.2. The van der Waals surface area contributed by atoms with E-state index >= 15 is 0 Å². The van der Waals surface area contributed by atoms with Gasteiger partial charge in [-0.15, -0.1) is 0 Å². The molecule has 0 N–H and O–H groups in total. The minimum Gasteiger partial charge on any atom is -0.457 e. The zero-order valence-electron chi connectivity index (χ0n) is 15.3. The maximum Gasteiger partial charge on any atom is 0.338 e. The molecule has 3 aromatic rings. The molecular weight excluding hydrogens is 404 g/mol. The summed E-state index contributed by atoms with van der Waals surface area (Å²) in [6.07, 6.45) is 0. The normalized spacial score (nSPS) is 10.5. The van der Waals surface area contributed by atoms with E-state index in [0.717, 1.165) is 24.3 Å². The molecule has 30 heavy (non-hydrogen) atoms. The highest BCUT2D eigenvalue weighted by molar-refractivity contribution is 5.93. The Morgan fingerprint density at radius 1 is 0.567 bits per heavy atom. The van der Waals surface area contributed by atoms with Crippen molar-refractivity contribution in [3.63, 3.8) is 0 Å². The lowest BCUT2D eigenvalue weighted by Crippen LogP contribution is -2.08. The fourth-order valence-electron chi connectivity index (χ4n) is 2.47. The molecule has 0 aliphatic carbocycles. The molecule has 0 saturated heterocycles. The molecule has 0 atom stereocenters. The van der Waals surface area contributed by atoms with E-state index in [1.165, 1.54) is 36.4 Å². The third kappa shape index (κ3) is 5.22. The average Bonchev–Trinajstić information content (AvgIpc) is 2.75. The van der Waals surface area contributed by atoms with Gasteiger partial charge in [0, 0.05) is 0 Å². The number of benzene rings is 3. The lowest BCUT2D eigenvalue weighted by atomic mass is 10.1. The van der Waals surface area contributed by atoms with Crippen molar-refractivity contribution >= 4 is 11.9 Å². The molecule has 8 heteroatoms. The van der Waals surface area contributed by atoms with Gasteiger partial charge >= 0.3 is 11.9 Å². The first-order valence-electron chi connectivity index (χ1n) is 8.65. The fourth-order valence-corrected chi connectivity index (χ4v) is 2.47. The van der Waals surface area contributed by atoms with Crippen molar-refractivity contribution in [2.75, 3.05) is 0 Å². The van der Waals surface area contributed by atoms with Gasteiger partial charge < -0.3 is 9.47 Å². The van der Waals surface area contributed by atoms with Crippen LogP contribution in [0.25, 0.3) is 0 Å². The zero-order chi connectivity index (χ0) is 21.7. The van der Waals surface area contributed by atoms with Crippen LogP contribution in [0.3, 0.4) is 0 Å². The molecule has 0 radical (unpaired) electrons. The number of halogens is 4. The van der Waals surface area contributed by atoms with Crippen molar-refractivity contribution in [3.8, 4) is 0 Å². The van der Waals surface area contributed by atoms with Gasteiger partial charge in [0.15, 0.2) is 23.3 Å². The smallest absolute Gasteiger partial charge is 0.338 e. The summed E-state index contributed by atoms with van der Waals surface area (Å²) >= 11 is 0. The predicted octanol–water partition coefficient (Wildman–Crippen LogP) is 4.96. The lowest BCUT2D eigenvalue weighted by Gasteiger charge is -2.07. The fraction of sp³-hybridized carbons (Fsp3) is 0.0909. The van der Waals surface area contributed by atoms with Gasteiger partial charge in [-0.2, -0.15) is 0 Å². The number of carbonyl (C=O) groups is 2. The van der Waals surface area contributed by atoms with Crippen LogP contribution in [0, 0.1) is 23.3 Å². The lowest BCUT2D eigenvalue weighted by molar-refractivity contribution is 0.0458. The van der Waals surface area contributed by atoms with Crippen molar-refractivity contribution < 1.29 is 36.6 Å². The Morgan fingerprint density at radius 2 is 0.933 bits per heavy atom. The number of ether oxygens (including phenoxy) is 2. The van der Waals surface area contributed by atoms with Crippen LogP contribution in [0.4, 0.5) is 17.6 Å². The van der Waals surface area contributed by atoms with Crippen molar-refractivity contribution in [1.82, 2.24) is 0 Å². The summed E-state index contributed by atoms with van der Waals surface area (Å²) in [6, 6.07) is 11.6. The van der Waals surface area contributed by atoms with E-state index in [9.17, 15) is 27.2 Å². The second kappa shape index (κ2) is 9.21. The summed E-state index contributed by atoms with van der Waals surface area (Å²) in [5.41, 5.74) is 0.823. The largest absolute Gasteiger partial charge is 0.457 e. The second-order valence-corrected chi connectivity index (χ2v) is 6.23. The predicted molar refractivity (Wildman–Crippen MR) is 97.4 cm³/mol. The molecule has 0 bridgehead atoms. The molecular formula is C22H14F4O4. The molecule has 0 heterocycles. The van der Waals surface area contributed by atoms with E-state index in [2.05, 4.69) is 0 Å². The van der Waals surface area contributed by atoms with E-state index in [1.54, 1.807) is 0 Å². The van der Waals surface area contributed by atoms with Crippen molar-refractivity contribution in [2.45, 2.75) is 13.2 Å². The molecule has 0 fully saturated rings. The van der Waals surface area contributed by atoms with Gasteiger partial charge in [0.2, 0.25) is 0 Å². The van der Waals surface area contributed by atoms with E-state index in [-0.39, 0.29) is 35.5 Å². The van der Waals surface area contributed by atoms with Gasteiger partial charge in [-0.1, -0.05) is 12.1 Å². The second-order valence-electron chi connectivity index (χ2n) is 6.23.